The van der Waals surface area contributed by atoms with Gasteiger partial charge in [0.05, 0.1) is 11.9 Å². The minimum absolute atomic E-state index is 0.0687. The maximum absolute atomic E-state index is 12.8. The summed E-state index contributed by atoms with van der Waals surface area (Å²) >= 11 is 3.42. The van der Waals surface area contributed by atoms with E-state index >= 15 is 0 Å². The molecule has 2 rings (SSSR count). The average Bonchev–Trinajstić information content (AvgIpc) is 2.40. The van der Waals surface area contributed by atoms with Crippen LogP contribution in [0.3, 0.4) is 0 Å². The van der Waals surface area contributed by atoms with Crippen LogP contribution >= 0.6 is 15.9 Å². The monoisotopic (exact) mass is 322 g/mol. The SMILES string of the molecule is CC(N[C@@H](C)c1ccc(Br)cc1)c1ccc(F)cn1. The summed E-state index contributed by atoms with van der Waals surface area (Å²) in [6.07, 6.45) is 1.25. The van der Waals surface area contributed by atoms with E-state index in [-0.39, 0.29) is 17.9 Å². The van der Waals surface area contributed by atoms with Crippen molar-refractivity contribution in [2.45, 2.75) is 25.9 Å². The molecule has 0 aliphatic heterocycles. The van der Waals surface area contributed by atoms with Crippen molar-refractivity contribution < 1.29 is 4.39 Å². The Hall–Kier alpha value is -1.26. The first-order chi connectivity index (χ1) is 9.06. The van der Waals surface area contributed by atoms with Crippen LogP contribution in [0.2, 0.25) is 0 Å². The highest BCUT2D eigenvalue weighted by Crippen LogP contribution is 2.20. The summed E-state index contributed by atoms with van der Waals surface area (Å²) in [4.78, 5) is 4.09. The lowest BCUT2D eigenvalue weighted by Gasteiger charge is -2.20. The average molecular weight is 323 g/mol. The number of pyridine rings is 1. The molecule has 1 aromatic heterocycles. The topological polar surface area (TPSA) is 24.9 Å². The molecular formula is C15H16BrFN2. The fraction of sp³-hybridized carbons (Fsp3) is 0.267. The van der Waals surface area contributed by atoms with Gasteiger partial charge in [0.2, 0.25) is 0 Å². The predicted octanol–water partition coefficient (Wildman–Crippen LogP) is 4.40. The highest BCUT2D eigenvalue weighted by atomic mass is 79.9. The number of hydrogen-bond acceptors (Lipinski definition) is 2. The lowest BCUT2D eigenvalue weighted by Crippen LogP contribution is -2.23. The van der Waals surface area contributed by atoms with Crippen LogP contribution in [0.1, 0.15) is 37.2 Å². The molecule has 0 spiro atoms. The predicted molar refractivity (Wildman–Crippen MR) is 78.3 cm³/mol. The highest BCUT2D eigenvalue weighted by molar-refractivity contribution is 9.10. The van der Waals surface area contributed by atoms with Gasteiger partial charge in [-0.1, -0.05) is 28.1 Å². The summed E-state index contributed by atoms with van der Waals surface area (Å²) in [6, 6.07) is 11.6. The number of halogens is 2. The number of nitrogens with zero attached hydrogens (tertiary/aromatic N) is 1. The van der Waals surface area contributed by atoms with Gasteiger partial charge >= 0.3 is 0 Å². The molecule has 2 nitrogen and oxygen atoms in total. The molecule has 0 radical (unpaired) electrons. The van der Waals surface area contributed by atoms with E-state index in [4.69, 9.17) is 0 Å². The third-order valence-electron chi connectivity index (χ3n) is 3.06. The van der Waals surface area contributed by atoms with Crippen molar-refractivity contribution in [1.82, 2.24) is 10.3 Å². The zero-order chi connectivity index (χ0) is 13.8. The molecule has 19 heavy (non-hydrogen) atoms. The van der Waals surface area contributed by atoms with E-state index in [1.165, 1.54) is 17.8 Å². The first-order valence-electron chi connectivity index (χ1n) is 6.19. The summed E-state index contributed by atoms with van der Waals surface area (Å²) in [6.45, 7) is 4.12. The van der Waals surface area contributed by atoms with E-state index in [1.807, 2.05) is 19.1 Å². The molecule has 0 saturated heterocycles. The van der Waals surface area contributed by atoms with Crippen LogP contribution in [0.5, 0.6) is 0 Å². The molecule has 1 unspecified atom stereocenters. The van der Waals surface area contributed by atoms with Crippen molar-refractivity contribution in [3.8, 4) is 0 Å². The molecule has 2 aromatic rings. The van der Waals surface area contributed by atoms with E-state index in [2.05, 4.69) is 45.3 Å². The summed E-state index contributed by atoms with van der Waals surface area (Å²) < 4.78 is 13.9. The van der Waals surface area contributed by atoms with Gasteiger partial charge in [-0.25, -0.2) is 4.39 Å². The van der Waals surface area contributed by atoms with Crippen LogP contribution in [0.15, 0.2) is 47.1 Å². The minimum atomic E-state index is -0.308. The van der Waals surface area contributed by atoms with E-state index < -0.39 is 0 Å². The van der Waals surface area contributed by atoms with Crippen molar-refractivity contribution in [3.05, 3.63) is 64.1 Å². The summed E-state index contributed by atoms with van der Waals surface area (Å²) in [7, 11) is 0. The first kappa shape index (κ1) is 14.2. The first-order valence-corrected chi connectivity index (χ1v) is 6.98. The molecule has 0 amide bonds. The lowest BCUT2D eigenvalue weighted by atomic mass is 10.1. The summed E-state index contributed by atoms with van der Waals surface area (Å²) in [5.74, 6) is -0.308. The quantitative estimate of drug-likeness (QED) is 0.902. The van der Waals surface area contributed by atoms with Gasteiger partial charge in [-0.2, -0.15) is 0 Å². The second-order valence-electron chi connectivity index (χ2n) is 4.56. The number of nitrogens with one attached hydrogen (secondary N) is 1. The van der Waals surface area contributed by atoms with E-state index in [1.54, 1.807) is 6.07 Å². The normalized spacial score (nSPS) is 14.1. The fourth-order valence-electron chi connectivity index (χ4n) is 1.95. The van der Waals surface area contributed by atoms with Gasteiger partial charge in [0.15, 0.2) is 0 Å². The molecule has 1 heterocycles. The fourth-order valence-corrected chi connectivity index (χ4v) is 2.22. The Kier molecular flexibility index (Phi) is 4.66. The van der Waals surface area contributed by atoms with Crippen molar-refractivity contribution in [3.63, 3.8) is 0 Å². The Labute approximate surface area is 121 Å². The highest BCUT2D eigenvalue weighted by Gasteiger charge is 2.12. The number of aromatic nitrogens is 1. The largest absolute Gasteiger partial charge is 0.302 e. The van der Waals surface area contributed by atoms with Gasteiger partial charge in [0.1, 0.15) is 5.82 Å². The van der Waals surface area contributed by atoms with Gasteiger partial charge in [0, 0.05) is 16.6 Å². The standard InChI is InChI=1S/C15H16BrFN2/c1-10(12-3-5-13(16)6-4-12)19-11(2)15-8-7-14(17)9-18-15/h3-11,19H,1-2H3/t10-,11?/m0/s1. The maximum Gasteiger partial charge on any atom is 0.141 e. The van der Waals surface area contributed by atoms with Crippen molar-refractivity contribution >= 4 is 15.9 Å². The van der Waals surface area contributed by atoms with Crippen LogP contribution in [-0.2, 0) is 0 Å². The molecule has 2 atom stereocenters. The molecular weight excluding hydrogens is 307 g/mol. The lowest BCUT2D eigenvalue weighted by molar-refractivity contribution is 0.484. The molecule has 1 aromatic carbocycles. The zero-order valence-electron chi connectivity index (χ0n) is 10.9. The zero-order valence-corrected chi connectivity index (χ0v) is 12.5. The number of rotatable bonds is 4. The van der Waals surface area contributed by atoms with Crippen LogP contribution in [0.25, 0.3) is 0 Å². The van der Waals surface area contributed by atoms with E-state index in [0.717, 1.165) is 10.2 Å². The second-order valence-corrected chi connectivity index (χ2v) is 5.48. The van der Waals surface area contributed by atoms with Crippen molar-refractivity contribution in [1.29, 1.82) is 0 Å². The Morgan fingerprint density at radius 1 is 1.05 bits per heavy atom. The summed E-state index contributed by atoms with van der Waals surface area (Å²) in [5.41, 5.74) is 2.04. The van der Waals surface area contributed by atoms with Gasteiger partial charge in [0.25, 0.3) is 0 Å². The van der Waals surface area contributed by atoms with Gasteiger partial charge in [-0.15, -0.1) is 0 Å². The molecule has 0 aliphatic rings. The third-order valence-corrected chi connectivity index (χ3v) is 3.59. The van der Waals surface area contributed by atoms with Crippen molar-refractivity contribution in [2.24, 2.45) is 0 Å². The van der Waals surface area contributed by atoms with Crippen LogP contribution < -0.4 is 5.32 Å². The van der Waals surface area contributed by atoms with Crippen LogP contribution in [0, 0.1) is 5.82 Å². The maximum atomic E-state index is 12.8. The van der Waals surface area contributed by atoms with E-state index in [9.17, 15) is 4.39 Å². The molecule has 0 fully saturated rings. The third kappa shape index (κ3) is 3.85. The smallest absolute Gasteiger partial charge is 0.141 e. The Balaban J connectivity index is 2.03. The summed E-state index contributed by atoms with van der Waals surface area (Å²) in [5, 5.41) is 3.45. The van der Waals surface area contributed by atoms with Crippen LogP contribution in [0.4, 0.5) is 4.39 Å². The molecule has 100 valence electrons. The molecule has 0 aliphatic carbocycles. The molecule has 0 bridgehead atoms. The number of benzene rings is 1. The van der Waals surface area contributed by atoms with Crippen molar-refractivity contribution in [2.75, 3.05) is 0 Å². The Bertz CT molecular complexity index is 475. The van der Waals surface area contributed by atoms with Crippen LogP contribution in [-0.4, -0.2) is 4.98 Å². The van der Waals surface area contributed by atoms with E-state index in [0.29, 0.717) is 0 Å². The van der Waals surface area contributed by atoms with Gasteiger partial charge < -0.3 is 5.32 Å². The Morgan fingerprint density at radius 3 is 2.32 bits per heavy atom. The Morgan fingerprint density at radius 2 is 1.74 bits per heavy atom. The second kappa shape index (κ2) is 6.26. The molecule has 0 saturated carbocycles. The molecule has 4 heteroatoms. The van der Waals surface area contributed by atoms with Gasteiger partial charge in [-0.05, 0) is 43.7 Å². The molecule has 1 N–H and O–H groups in total. The van der Waals surface area contributed by atoms with Gasteiger partial charge in [-0.3, -0.25) is 4.98 Å². The minimum Gasteiger partial charge on any atom is -0.302 e. The number of hydrogen-bond donors (Lipinski definition) is 1.